The molecule has 5 heterocycles. The summed E-state index contributed by atoms with van der Waals surface area (Å²) < 4.78 is 23.0. The van der Waals surface area contributed by atoms with E-state index in [1.165, 1.54) is 50.1 Å². The first-order valence-corrected chi connectivity index (χ1v) is 14.6. The van der Waals surface area contributed by atoms with Crippen molar-refractivity contribution in [2.45, 2.75) is 24.9 Å². The smallest absolute Gasteiger partial charge is 0.339 e. The normalized spacial score (nSPS) is 18.1. The lowest BCUT2D eigenvalue weighted by molar-refractivity contribution is -0.143. The van der Waals surface area contributed by atoms with E-state index < -0.39 is 34.7 Å². The second-order valence-electron chi connectivity index (χ2n) is 11.5. The summed E-state index contributed by atoms with van der Waals surface area (Å²) in [5.74, 6) is -2.10. The molecule has 248 valence electrons. The Balaban J connectivity index is 1.40. The van der Waals surface area contributed by atoms with Gasteiger partial charge < -0.3 is 50.0 Å². The zero-order valence-corrected chi connectivity index (χ0v) is 26.4. The molecule has 3 aromatic heterocycles. The van der Waals surface area contributed by atoms with E-state index >= 15 is 0 Å². The number of methoxy groups -OCH3 is 4. The number of imidazole rings is 1. The molecule has 0 bridgehead atoms. The number of carbonyl (C=O) groups excluding carboxylic acids is 3. The maximum Gasteiger partial charge on any atom is 0.339 e. The average molecular weight is 659 g/mol. The van der Waals surface area contributed by atoms with Crippen LogP contribution < -0.4 is 35.7 Å². The lowest BCUT2D eigenvalue weighted by Gasteiger charge is -2.20. The Morgan fingerprint density at radius 3 is 2.52 bits per heavy atom. The number of hydrogen-bond donors (Lipinski definition) is 5. The van der Waals surface area contributed by atoms with E-state index in [9.17, 15) is 24.3 Å². The molecule has 6 N–H and O–H groups in total. The number of nitrogens with one attached hydrogen (secondary N) is 3. The number of rotatable bonds is 7. The number of phenols is 1. The standard InChI is InChI=1S/C31H30N8O9/c1-31(29(44)48-5)25(41)19-18-13(10-39-26-22(33-11-34-26)27(42)36-30(39)32)9-38(15(18)8-16(40)21(19)37-31)28(43)14-6-12-7-17(45-2)23(46-3)24(47-4)20(12)35-14/h6-8,11,13,35,37,40H,9-10H2,1-5H3,(H,33,34)(H2,32,36,42)/t13-,31+/m0/s1. The fraction of sp³-hybridized carbons (Fsp3) is 0.290. The van der Waals surface area contributed by atoms with Gasteiger partial charge in [-0.05, 0) is 24.6 Å². The number of nitrogen functional groups attached to an aromatic ring is 1. The monoisotopic (exact) mass is 658 g/mol. The molecule has 2 atom stereocenters. The molecule has 0 aliphatic carbocycles. The average Bonchev–Trinajstić information content (AvgIpc) is 3.86. The molecule has 7 rings (SSSR count). The number of nitrogens with two attached hydrogens (primary N) is 1. The predicted molar refractivity (Wildman–Crippen MR) is 171 cm³/mol. The summed E-state index contributed by atoms with van der Waals surface area (Å²) in [6, 6.07) is 4.69. The molecular formula is C31H30N8O9. The van der Waals surface area contributed by atoms with E-state index in [2.05, 4.69) is 25.3 Å². The summed E-state index contributed by atoms with van der Waals surface area (Å²) in [5, 5.41) is 14.6. The van der Waals surface area contributed by atoms with Crippen LogP contribution in [0.5, 0.6) is 23.0 Å². The zero-order chi connectivity index (χ0) is 34.2. The highest BCUT2D eigenvalue weighted by molar-refractivity contribution is 6.26. The second kappa shape index (κ2) is 10.6. The van der Waals surface area contributed by atoms with Crippen molar-refractivity contribution in [2.24, 2.45) is 0 Å². The molecule has 0 saturated carbocycles. The van der Waals surface area contributed by atoms with Crippen LogP contribution >= 0.6 is 0 Å². The van der Waals surface area contributed by atoms with E-state index in [0.717, 1.165) is 7.11 Å². The Morgan fingerprint density at radius 1 is 1.08 bits per heavy atom. The van der Waals surface area contributed by atoms with Gasteiger partial charge in [0.15, 0.2) is 28.2 Å². The maximum atomic E-state index is 14.4. The van der Waals surface area contributed by atoms with E-state index in [1.54, 1.807) is 12.1 Å². The third-order valence-electron chi connectivity index (χ3n) is 8.96. The molecule has 17 heteroatoms. The lowest BCUT2D eigenvalue weighted by Crippen LogP contribution is -2.47. The summed E-state index contributed by atoms with van der Waals surface area (Å²) >= 11 is 0. The molecule has 0 spiro atoms. The van der Waals surface area contributed by atoms with Gasteiger partial charge in [-0.25, -0.2) is 9.78 Å². The van der Waals surface area contributed by atoms with E-state index in [0.29, 0.717) is 33.7 Å². The number of fused-ring (bicyclic) bond motifs is 5. The minimum absolute atomic E-state index is 0.00288. The van der Waals surface area contributed by atoms with Gasteiger partial charge in [0.05, 0.1) is 57.2 Å². The summed E-state index contributed by atoms with van der Waals surface area (Å²) in [6.07, 6.45) is 1.33. The molecular weight excluding hydrogens is 628 g/mol. The highest BCUT2D eigenvalue weighted by atomic mass is 16.5. The molecule has 17 nitrogen and oxygen atoms in total. The molecule has 0 radical (unpaired) electrons. The van der Waals surface area contributed by atoms with Gasteiger partial charge in [0.1, 0.15) is 11.4 Å². The van der Waals surface area contributed by atoms with Gasteiger partial charge >= 0.3 is 11.5 Å². The van der Waals surface area contributed by atoms with Gasteiger partial charge in [0.2, 0.25) is 17.5 Å². The Bertz CT molecular complexity index is 2270. The van der Waals surface area contributed by atoms with E-state index in [-0.39, 0.29) is 58.6 Å². The summed E-state index contributed by atoms with van der Waals surface area (Å²) in [5.41, 5.74) is 5.42. The van der Waals surface area contributed by atoms with Crippen LogP contribution in [0, 0.1) is 0 Å². The third kappa shape index (κ3) is 4.09. The lowest BCUT2D eigenvalue weighted by atomic mass is 9.88. The second-order valence-corrected chi connectivity index (χ2v) is 11.5. The number of anilines is 3. The molecule has 2 aromatic carbocycles. The van der Waals surface area contributed by atoms with Gasteiger partial charge in [0, 0.05) is 30.5 Å². The number of H-pyrrole nitrogens is 2. The minimum Gasteiger partial charge on any atom is -0.506 e. The van der Waals surface area contributed by atoms with Crippen LogP contribution in [0.4, 0.5) is 17.3 Å². The Labute approximate surface area is 270 Å². The van der Waals surface area contributed by atoms with Crippen LogP contribution in [0.25, 0.3) is 22.1 Å². The molecule has 2 aliphatic heterocycles. The molecule has 1 amide bonds. The highest BCUT2D eigenvalue weighted by Gasteiger charge is 2.53. The van der Waals surface area contributed by atoms with Gasteiger partial charge in [-0.2, -0.15) is 4.98 Å². The molecule has 0 unspecified atom stereocenters. The number of Topliss-reactive ketones (excluding diaryl/α,β-unsaturated/α-hetero) is 1. The number of benzene rings is 2. The van der Waals surface area contributed by atoms with Crippen molar-refractivity contribution < 1.29 is 38.4 Å². The minimum atomic E-state index is -1.84. The van der Waals surface area contributed by atoms with Gasteiger partial charge in [-0.15, -0.1) is 0 Å². The van der Waals surface area contributed by atoms with Crippen molar-refractivity contribution in [3.8, 4) is 23.0 Å². The first-order chi connectivity index (χ1) is 23.0. The van der Waals surface area contributed by atoms with Crippen molar-refractivity contribution in [2.75, 3.05) is 50.9 Å². The number of hydrogen-bond acceptors (Lipinski definition) is 13. The van der Waals surface area contributed by atoms with Gasteiger partial charge in [-0.1, -0.05) is 0 Å². The van der Waals surface area contributed by atoms with Gasteiger partial charge in [0.25, 0.3) is 5.91 Å². The summed E-state index contributed by atoms with van der Waals surface area (Å²) in [7, 11) is 5.57. The number of carbonyl (C=O) groups is 3. The van der Waals surface area contributed by atoms with Crippen molar-refractivity contribution in [3.63, 3.8) is 0 Å². The molecule has 48 heavy (non-hydrogen) atoms. The van der Waals surface area contributed by atoms with Crippen LogP contribution in [0.15, 0.2) is 29.3 Å². The largest absolute Gasteiger partial charge is 0.506 e. The van der Waals surface area contributed by atoms with Crippen molar-refractivity contribution in [3.05, 3.63) is 51.7 Å². The van der Waals surface area contributed by atoms with Crippen LogP contribution in [0.2, 0.25) is 0 Å². The highest BCUT2D eigenvalue weighted by Crippen LogP contribution is 2.52. The molecule has 0 fully saturated rings. The quantitative estimate of drug-likeness (QED) is 0.0957. The molecule has 2 aliphatic rings. The van der Waals surface area contributed by atoms with Crippen molar-refractivity contribution >= 4 is 57.0 Å². The van der Waals surface area contributed by atoms with E-state index in [4.69, 9.17) is 24.7 Å². The number of phenolic OH excluding ortho intramolecular Hbond substituents is 1. The van der Waals surface area contributed by atoms with Crippen molar-refractivity contribution in [1.29, 1.82) is 0 Å². The number of nitrogens with zero attached hydrogens (tertiary/aromatic N) is 4. The number of aromatic amines is 2. The van der Waals surface area contributed by atoms with Crippen LogP contribution in [0.1, 0.15) is 39.3 Å². The maximum absolute atomic E-state index is 14.4. The van der Waals surface area contributed by atoms with Crippen LogP contribution in [-0.2, 0) is 16.1 Å². The number of aromatic hydroxyl groups is 1. The number of esters is 1. The fourth-order valence-corrected chi connectivity index (χ4v) is 6.71. The first-order valence-electron chi connectivity index (χ1n) is 14.6. The van der Waals surface area contributed by atoms with Gasteiger partial charge in [-0.3, -0.25) is 19.0 Å². The van der Waals surface area contributed by atoms with Crippen molar-refractivity contribution in [1.82, 2.24) is 24.5 Å². The zero-order valence-electron chi connectivity index (χ0n) is 26.4. The number of aromatic nitrogens is 5. The third-order valence-corrected chi connectivity index (χ3v) is 8.96. The summed E-state index contributed by atoms with van der Waals surface area (Å²) in [4.78, 5) is 69.2. The fourth-order valence-electron chi connectivity index (χ4n) is 6.71. The first kappa shape index (κ1) is 30.4. The van der Waals surface area contributed by atoms with E-state index in [1.807, 2.05) is 0 Å². The Hall–Kier alpha value is -6.26. The Morgan fingerprint density at radius 2 is 1.83 bits per heavy atom. The number of amides is 1. The Kier molecular flexibility index (Phi) is 6.74. The molecule has 5 aromatic rings. The molecule has 0 saturated heterocycles. The number of ether oxygens (including phenoxy) is 4. The number of ketones is 1. The van der Waals surface area contributed by atoms with Crippen LogP contribution in [-0.4, -0.2) is 87.8 Å². The topological polar surface area (TPSA) is 229 Å². The predicted octanol–water partition coefficient (Wildman–Crippen LogP) is 1.90. The van der Waals surface area contributed by atoms with Crippen LogP contribution in [0.3, 0.4) is 0 Å². The summed E-state index contributed by atoms with van der Waals surface area (Å²) in [6.45, 7) is 1.38. The SMILES string of the molecule is COC(=O)[C@]1(C)Nc2c(O)cc3c(c2C1=O)[C@H](Cn1c(N)nc(=O)c2[nH]cnc21)CN3C(=O)c1cc2cc(OC)c(OC)c(OC)c2[nH]1.